The van der Waals surface area contributed by atoms with E-state index in [1.807, 2.05) is 30.3 Å². The van der Waals surface area contributed by atoms with Gasteiger partial charge < -0.3 is 15.4 Å². The van der Waals surface area contributed by atoms with Crippen LogP contribution in [0.3, 0.4) is 0 Å². The number of benzene rings is 1. The molecule has 1 aliphatic rings. The van der Waals surface area contributed by atoms with Crippen LogP contribution in [0.2, 0.25) is 0 Å². The van der Waals surface area contributed by atoms with E-state index in [1.165, 1.54) is 0 Å². The Hall–Kier alpha value is -3.42. The molecule has 2 heterocycles. The molecule has 146 valence electrons. The maximum Gasteiger partial charge on any atom is 0.407 e. The first kappa shape index (κ1) is 19.3. The summed E-state index contributed by atoms with van der Waals surface area (Å²) in [5.41, 5.74) is 1.69. The zero-order chi connectivity index (χ0) is 19.8. The van der Waals surface area contributed by atoms with E-state index >= 15 is 0 Å². The maximum absolute atomic E-state index is 11.9. The molecule has 0 spiro atoms. The molecule has 0 unspecified atom stereocenters. The second kappa shape index (κ2) is 9.50. The van der Waals surface area contributed by atoms with Gasteiger partial charge in [-0.3, -0.25) is 14.5 Å². The number of amides is 3. The molecule has 8 heteroatoms. The molecular formula is C20H22N4O4. The van der Waals surface area contributed by atoms with Crippen molar-refractivity contribution >= 4 is 23.7 Å². The van der Waals surface area contributed by atoms with E-state index in [0.717, 1.165) is 17.5 Å². The van der Waals surface area contributed by atoms with Crippen LogP contribution in [0.5, 0.6) is 0 Å². The summed E-state index contributed by atoms with van der Waals surface area (Å²) in [6, 6.07) is 12.8. The lowest BCUT2D eigenvalue weighted by Crippen LogP contribution is -2.36. The van der Waals surface area contributed by atoms with Crippen molar-refractivity contribution in [2.75, 3.05) is 18.0 Å². The van der Waals surface area contributed by atoms with Crippen LogP contribution in [-0.2, 0) is 27.5 Å². The number of hydrogen-bond acceptors (Lipinski definition) is 5. The third-order valence-corrected chi connectivity index (χ3v) is 4.26. The van der Waals surface area contributed by atoms with Crippen LogP contribution < -0.4 is 15.5 Å². The van der Waals surface area contributed by atoms with E-state index in [1.54, 1.807) is 23.2 Å². The fraction of sp³-hybridized carbons (Fsp3) is 0.300. The Morgan fingerprint density at radius 2 is 1.93 bits per heavy atom. The van der Waals surface area contributed by atoms with Gasteiger partial charge in [-0.25, -0.2) is 9.78 Å². The van der Waals surface area contributed by atoms with E-state index in [9.17, 15) is 14.4 Å². The molecule has 1 aromatic heterocycles. The fourth-order valence-corrected chi connectivity index (χ4v) is 2.80. The van der Waals surface area contributed by atoms with Crippen molar-refractivity contribution in [1.82, 2.24) is 15.6 Å². The number of carbonyl (C=O) groups is 3. The van der Waals surface area contributed by atoms with Gasteiger partial charge in [-0.1, -0.05) is 30.3 Å². The lowest BCUT2D eigenvalue weighted by atomic mass is 10.2. The SMILES string of the molecule is O=C(CNC(=O)OCc1ccccc1)NCc1ccnc(N2CCCC2=O)c1. The van der Waals surface area contributed by atoms with Crippen molar-refractivity contribution in [3.63, 3.8) is 0 Å². The number of rotatable bonds is 7. The smallest absolute Gasteiger partial charge is 0.407 e. The lowest BCUT2D eigenvalue weighted by Gasteiger charge is -2.15. The van der Waals surface area contributed by atoms with Crippen molar-refractivity contribution in [2.24, 2.45) is 0 Å². The van der Waals surface area contributed by atoms with Gasteiger partial charge in [0.05, 0.1) is 0 Å². The summed E-state index contributed by atoms with van der Waals surface area (Å²) in [5.74, 6) is 0.316. The zero-order valence-corrected chi connectivity index (χ0v) is 15.4. The third kappa shape index (κ3) is 5.54. The minimum Gasteiger partial charge on any atom is -0.445 e. The van der Waals surface area contributed by atoms with Crippen LogP contribution >= 0.6 is 0 Å². The van der Waals surface area contributed by atoms with Gasteiger partial charge in [0.25, 0.3) is 0 Å². The van der Waals surface area contributed by atoms with Crippen LogP contribution in [0.1, 0.15) is 24.0 Å². The fourth-order valence-electron chi connectivity index (χ4n) is 2.80. The number of aromatic nitrogens is 1. The molecular weight excluding hydrogens is 360 g/mol. The Morgan fingerprint density at radius 3 is 2.68 bits per heavy atom. The molecule has 1 fully saturated rings. The van der Waals surface area contributed by atoms with E-state index in [-0.39, 0.29) is 31.5 Å². The molecule has 0 radical (unpaired) electrons. The first-order chi connectivity index (χ1) is 13.6. The van der Waals surface area contributed by atoms with Crippen LogP contribution in [0.25, 0.3) is 0 Å². The van der Waals surface area contributed by atoms with Crippen molar-refractivity contribution in [1.29, 1.82) is 0 Å². The van der Waals surface area contributed by atoms with Gasteiger partial charge in [0.1, 0.15) is 19.0 Å². The van der Waals surface area contributed by atoms with Gasteiger partial charge in [-0.15, -0.1) is 0 Å². The average Bonchev–Trinajstić information content (AvgIpc) is 3.16. The predicted molar refractivity (Wildman–Crippen MR) is 102 cm³/mol. The monoisotopic (exact) mass is 382 g/mol. The van der Waals surface area contributed by atoms with Gasteiger partial charge in [-0.05, 0) is 29.7 Å². The zero-order valence-electron chi connectivity index (χ0n) is 15.4. The Balaban J connectivity index is 1.39. The summed E-state index contributed by atoms with van der Waals surface area (Å²) in [4.78, 5) is 41.3. The molecule has 28 heavy (non-hydrogen) atoms. The van der Waals surface area contributed by atoms with E-state index < -0.39 is 6.09 Å². The van der Waals surface area contributed by atoms with E-state index in [4.69, 9.17) is 4.74 Å². The van der Waals surface area contributed by atoms with Crippen molar-refractivity contribution in [3.05, 3.63) is 59.8 Å². The summed E-state index contributed by atoms with van der Waals surface area (Å²) in [6.45, 7) is 0.896. The molecule has 0 atom stereocenters. The quantitative estimate of drug-likeness (QED) is 0.760. The highest BCUT2D eigenvalue weighted by molar-refractivity contribution is 5.94. The minimum absolute atomic E-state index is 0.0619. The van der Waals surface area contributed by atoms with Gasteiger partial charge in [0.15, 0.2) is 0 Å². The second-order valence-electron chi connectivity index (χ2n) is 6.36. The Bertz CT molecular complexity index is 841. The number of nitrogens with one attached hydrogen (secondary N) is 2. The molecule has 0 saturated carbocycles. The summed E-state index contributed by atoms with van der Waals surface area (Å²) < 4.78 is 5.05. The number of alkyl carbamates (subject to hydrolysis) is 1. The second-order valence-corrected chi connectivity index (χ2v) is 6.36. The lowest BCUT2D eigenvalue weighted by molar-refractivity contribution is -0.120. The summed E-state index contributed by atoms with van der Waals surface area (Å²) in [6.07, 6.45) is 2.32. The highest BCUT2D eigenvalue weighted by Crippen LogP contribution is 2.19. The first-order valence-corrected chi connectivity index (χ1v) is 9.08. The van der Waals surface area contributed by atoms with Gasteiger partial charge in [-0.2, -0.15) is 0 Å². The van der Waals surface area contributed by atoms with E-state index in [0.29, 0.717) is 18.8 Å². The third-order valence-electron chi connectivity index (χ3n) is 4.26. The Morgan fingerprint density at radius 1 is 1.11 bits per heavy atom. The highest BCUT2D eigenvalue weighted by atomic mass is 16.5. The average molecular weight is 382 g/mol. The number of anilines is 1. The normalized spacial score (nSPS) is 13.3. The van der Waals surface area contributed by atoms with Gasteiger partial charge in [0, 0.05) is 25.7 Å². The Kier molecular flexibility index (Phi) is 6.56. The Labute approximate surface area is 162 Å². The van der Waals surface area contributed by atoms with Crippen molar-refractivity contribution in [2.45, 2.75) is 26.0 Å². The molecule has 1 saturated heterocycles. The summed E-state index contributed by atoms with van der Waals surface area (Å²) >= 11 is 0. The highest BCUT2D eigenvalue weighted by Gasteiger charge is 2.22. The number of hydrogen-bond donors (Lipinski definition) is 2. The van der Waals surface area contributed by atoms with Crippen LogP contribution in [0.15, 0.2) is 48.7 Å². The molecule has 1 aromatic carbocycles. The molecule has 2 aromatic rings. The standard InChI is InChI=1S/C20H22N4O4/c25-18(13-23-20(27)28-14-15-5-2-1-3-6-15)22-12-16-8-9-21-17(11-16)24-10-4-7-19(24)26/h1-3,5-6,8-9,11H,4,7,10,12-14H2,(H,22,25)(H,23,27). The van der Waals surface area contributed by atoms with Crippen LogP contribution in [0.4, 0.5) is 10.6 Å². The molecule has 1 aliphatic heterocycles. The first-order valence-electron chi connectivity index (χ1n) is 9.08. The minimum atomic E-state index is -0.655. The summed E-state index contributed by atoms with van der Waals surface area (Å²) in [5, 5.41) is 5.13. The van der Waals surface area contributed by atoms with Gasteiger partial charge in [0.2, 0.25) is 11.8 Å². The molecule has 8 nitrogen and oxygen atoms in total. The van der Waals surface area contributed by atoms with E-state index in [2.05, 4.69) is 15.6 Å². The maximum atomic E-state index is 11.9. The molecule has 3 rings (SSSR count). The topological polar surface area (TPSA) is 101 Å². The number of ether oxygens (including phenoxy) is 1. The summed E-state index contributed by atoms with van der Waals surface area (Å²) in [7, 11) is 0. The number of nitrogens with zero attached hydrogens (tertiary/aromatic N) is 2. The molecule has 2 N–H and O–H groups in total. The number of pyridine rings is 1. The molecule has 0 aliphatic carbocycles. The van der Waals surface area contributed by atoms with Crippen molar-refractivity contribution < 1.29 is 19.1 Å². The number of carbonyl (C=O) groups excluding carboxylic acids is 3. The molecule has 3 amide bonds. The van der Waals surface area contributed by atoms with Crippen molar-refractivity contribution in [3.8, 4) is 0 Å². The van der Waals surface area contributed by atoms with Crippen LogP contribution in [-0.4, -0.2) is 36.0 Å². The van der Waals surface area contributed by atoms with Gasteiger partial charge >= 0.3 is 6.09 Å². The predicted octanol–water partition coefficient (Wildman–Crippen LogP) is 1.75. The largest absolute Gasteiger partial charge is 0.445 e. The van der Waals surface area contributed by atoms with Crippen LogP contribution in [0, 0.1) is 0 Å². The molecule has 0 bridgehead atoms.